The highest BCUT2D eigenvalue weighted by atomic mass is 32.1. The fourth-order valence-corrected chi connectivity index (χ4v) is 4.27. The highest BCUT2D eigenvalue weighted by Crippen LogP contribution is 2.37. The molecule has 18 heavy (non-hydrogen) atoms. The molecule has 2 rings (SSSR count). The lowest BCUT2D eigenvalue weighted by atomic mass is 9.99. The molecule has 1 atom stereocenters. The zero-order valence-corrected chi connectivity index (χ0v) is 12.7. The van der Waals surface area contributed by atoms with E-state index in [1.54, 1.807) is 10.4 Å². The predicted molar refractivity (Wildman–Crippen MR) is 78.6 cm³/mol. The van der Waals surface area contributed by atoms with E-state index in [2.05, 4.69) is 19.2 Å². The number of hydrogen-bond donors (Lipinski definition) is 1. The number of thiophene rings is 1. The molecule has 1 aliphatic carbocycles. The van der Waals surface area contributed by atoms with Gasteiger partial charge >= 0.3 is 0 Å². The average Bonchev–Trinajstić information content (AvgIpc) is 2.51. The number of nitrogens with one attached hydrogen (secondary N) is 1. The summed E-state index contributed by atoms with van der Waals surface area (Å²) in [5.41, 5.74) is 3.11. The van der Waals surface area contributed by atoms with Crippen LogP contribution in [0.3, 0.4) is 0 Å². The first-order chi connectivity index (χ1) is 8.77. The smallest absolute Gasteiger partial charge is 0.0962 e. The summed E-state index contributed by atoms with van der Waals surface area (Å²) in [6, 6.07) is 0. The van der Waals surface area contributed by atoms with Gasteiger partial charge in [0.25, 0.3) is 0 Å². The topological polar surface area (TPSA) is 21.3 Å². The summed E-state index contributed by atoms with van der Waals surface area (Å²) in [7, 11) is 2.01. The molecule has 1 aliphatic rings. The molecule has 0 amide bonds. The normalized spacial score (nSPS) is 17.3. The van der Waals surface area contributed by atoms with Crippen LogP contribution in [0.4, 0.5) is 0 Å². The van der Waals surface area contributed by atoms with Crippen molar-refractivity contribution in [3.63, 3.8) is 0 Å². The number of fused-ring (bicyclic) bond motifs is 1. The largest absolute Gasteiger partial charge is 0.372 e. The second-order valence-corrected chi connectivity index (χ2v) is 6.35. The molecule has 0 saturated heterocycles. The van der Waals surface area contributed by atoms with Gasteiger partial charge in [-0.2, -0.15) is 0 Å². The summed E-state index contributed by atoms with van der Waals surface area (Å²) in [6.45, 7) is 6.05. The molecule has 0 aliphatic heterocycles. The SMILES string of the molecule is CCOC(CNC)c1c(C)sc2c1CCCCC2. The maximum absolute atomic E-state index is 5.96. The molecule has 1 aromatic rings. The standard InChI is InChI=1S/C15H25NOS/c1-4-17-13(10-16-3)15-11(2)18-14-9-7-5-6-8-12(14)15/h13,16H,4-10H2,1-3H3. The van der Waals surface area contributed by atoms with Crippen molar-refractivity contribution in [2.24, 2.45) is 0 Å². The third-order valence-corrected chi connectivity index (χ3v) is 4.95. The van der Waals surface area contributed by atoms with Gasteiger partial charge in [-0.15, -0.1) is 11.3 Å². The van der Waals surface area contributed by atoms with Crippen LogP contribution in [0.25, 0.3) is 0 Å². The first-order valence-electron chi connectivity index (χ1n) is 7.15. The van der Waals surface area contributed by atoms with E-state index in [0.717, 1.165) is 13.2 Å². The Morgan fingerprint density at radius 1 is 1.28 bits per heavy atom. The van der Waals surface area contributed by atoms with Crippen LogP contribution in [0, 0.1) is 6.92 Å². The second kappa shape index (κ2) is 6.69. The Bertz CT molecular complexity index is 380. The fraction of sp³-hybridized carbons (Fsp3) is 0.733. The highest BCUT2D eigenvalue weighted by molar-refractivity contribution is 7.12. The molecule has 0 fully saturated rings. The molecular formula is C15H25NOS. The number of likely N-dealkylation sites (N-methyl/N-ethyl adjacent to an activating group) is 1. The van der Waals surface area contributed by atoms with E-state index >= 15 is 0 Å². The van der Waals surface area contributed by atoms with E-state index in [9.17, 15) is 0 Å². The van der Waals surface area contributed by atoms with Crippen LogP contribution in [0.15, 0.2) is 0 Å². The molecular weight excluding hydrogens is 242 g/mol. The number of hydrogen-bond acceptors (Lipinski definition) is 3. The average molecular weight is 267 g/mol. The lowest BCUT2D eigenvalue weighted by molar-refractivity contribution is 0.0631. The van der Waals surface area contributed by atoms with E-state index in [0.29, 0.717) is 0 Å². The van der Waals surface area contributed by atoms with Crippen LogP contribution in [-0.4, -0.2) is 20.2 Å². The Balaban J connectivity index is 2.32. The first kappa shape index (κ1) is 14.0. The zero-order valence-electron chi connectivity index (χ0n) is 11.8. The quantitative estimate of drug-likeness (QED) is 0.823. The molecule has 2 nitrogen and oxygen atoms in total. The molecule has 0 aromatic carbocycles. The van der Waals surface area contributed by atoms with Crippen LogP contribution in [0.2, 0.25) is 0 Å². The first-order valence-corrected chi connectivity index (χ1v) is 7.96. The Labute approximate surface area is 115 Å². The van der Waals surface area contributed by atoms with Gasteiger partial charge in [0.2, 0.25) is 0 Å². The molecule has 1 unspecified atom stereocenters. The van der Waals surface area contributed by atoms with Gasteiger partial charge in [-0.3, -0.25) is 0 Å². The lowest BCUT2D eigenvalue weighted by Gasteiger charge is -2.19. The summed E-state index contributed by atoms with van der Waals surface area (Å²) in [4.78, 5) is 3.09. The van der Waals surface area contributed by atoms with Crippen molar-refractivity contribution in [1.82, 2.24) is 5.32 Å². The van der Waals surface area contributed by atoms with Gasteiger partial charge < -0.3 is 10.1 Å². The second-order valence-electron chi connectivity index (χ2n) is 5.04. The molecule has 0 spiro atoms. The van der Waals surface area contributed by atoms with Crippen molar-refractivity contribution >= 4 is 11.3 Å². The molecule has 1 aromatic heterocycles. The van der Waals surface area contributed by atoms with Gasteiger partial charge in [0.15, 0.2) is 0 Å². The third kappa shape index (κ3) is 2.95. The minimum atomic E-state index is 0.234. The molecule has 1 heterocycles. The van der Waals surface area contributed by atoms with Crippen LogP contribution in [0.1, 0.15) is 53.2 Å². The van der Waals surface area contributed by atoms with Gasteiger partial charge in [-0.1, -0.05) is 6.42 Å². The van der Waals surface area contributed by atoms with E-state index < -0.39 is 0 Å². The monoisotopic (exact) mass is 267 g/mol. The van der Waals surface area contributed by atoms with Crippen molar-refractivity contribution in [2.75, 3.05) is 20.2 Å². The van der Waals surface area contributed by atoms with Crippen LogP contribution in [-0.2, 0) is 17.6 Å². The Morgan fingerprint density at radius 2 is 2.06 bits per heavy atom. The molecule has 0 saturated carbocycles. The summed E-state index contributed by atoms with van der Waals surface area (Å²) in [5.74, 6) is 0. The molecule has 102 valence electrons. The van der Waals surface area contributed by atoms with E-state index in [-0.39, 0.29) is 6.10 Å². The summed E-state index contributed by atoms with van der Waals surface area (Å²) in [6.07, 6.45) is 6.84. The molecule has 0 radical (unpaired) electrons. The summed E-state index contributed by atoms with van der Waals surface area (Å²) >= 11 is 2.00. The van der Waals surface area contributed by atoms with Crippen molar-refractivity contribution in [3.8, 4) is 0 Å². The minimum absolute atomic E-state index is 0.234. The van der Waals surface area contributed by atoms with E-state index in [1.807, 2.05) is 18.4 Å². The van der Waals surface area contributed by atoms with Gasteiger partial charge in [-0.05, 0) is 57.7 Å². The van der Waals surface area contributed by atoms with Gasteiger partial charge in [0.1, 0.15) is 0 Å². The third-order valence-electron chi connectivity index (χ3n) is 3.73. The Morgan fingerprint density at radius 3 is 2.78 bits per heavy atom. The number of rotatable bonds is 5. The van der Waals surface area contributed by atoms with Crippen molar-refractivity contribution in [1.29, 1.82) is 0 Å². The Hall–Kier alpha value is -0.380. The maximum Gasteiger partial charge on any atom is 0.0962 e. The highest BCUT2D eigenvalue weighted by Gasteiger charge is 2.23. The number of aryl methyl sites for hydroxylation is 2. The van der Waals surface area contributed by atoms with E-state index in [1.165, 1.54) is 42.5 Å². The molecule has 1 N–H and O–H groups in total. The van der Waals surface area contributed by atoms with Crippen LogP contribution < -0.4 is 5.32 Å². The number of ether oxygens (including phenoxy) is 1. The Kier molecular flexibility index (Phi) is 5.22. The van der Waals surface area contributed by atoms with Crippen LogP contribution in [0.5, 0.6) is 0 Å². The van der Waals surface area contributed by atoms with Crippen molar-refractivity contribution < 1.29 is 4.74 Å². The van der Waals surface area contributed by atoms with Gasteiger partial charge in [0.05, 0.1) is 6.10 Å². The zero-order chi connectivity index (χ0) is 13.0. The van der Waals surface area contributed by atoms with Crippen molar-refractivity contribution in [3.05, 3.63) is 20.9 Å². The van der Waals surface area contributed by atoms with Crippen LogP contribution >= 0.6 is 11.3 Å². The molecule has 0 bridgehead atoms. The van der Waals surface area contributed by atoms with E-state index in [4.69, 9.17) is 4.74 Å². The minimum Gasteiger partial charge on any atom is -0.372 e. The van der Waals surface area contributed by atoms with Gasteiger partial charge in [0, 0.05) is 22.9 Å². The predicted octanol–water partition coefficient (Wildman–Crippen LogP) is 3.62. The molecule has 3 heteroatoms. The van der Waals surface area contributed by atoms with Gasteiger partial charge in [-0.25, -0.2) is 0 Å². The lowest BCUT2D eigenvalue weighted by Crippen LogP contribution is -2.21. The fourth-order valence-electron chi connectivity index (χ4n) is 2.96. The summed E-state index contributed by atoms with van der Waals surface area (Å²) in [5, 5.41) is 3.27. The van der Waals surface area contributed by atoms with Crippen molar-refractivity contribution in [2.45, 2.75) is 52.1 Å². The maximum atomic E-state index is 5.96. The summed E-state index contributed by atoms with van der Waals surface area (Å²) < 4.78 is 5.96.